The quantitative estimate of drug-likeness (QED) is 0.242. The number of benzene rings is 2. The van der Waals surface area contributed by atoms with E-state index in [0.29, 0.717) is 43.3 Å². The van der Waals surface area contributed by atoms with E-state index in [4.69, 9.17) is 26.4 Å². The summed E-state index contributed by atoms with van der Waals surface area (Å²) in [4.78, 5) is 26.5. The van der Waals surface area contributed by atoms with Crippen molar-refractivity contribution < 1.29 is 27.4 Å². The Morgan fingerprint density at radius 2 is 1.82 bits per heavy atom. The summed E-state index contributed by atoms with van der Waals surface area (Å²) in [6.07, 6.45) is -5.14. The van der Waals surface area contributed by atoms with Crippen LogP contribution in [-0.2, 0) is 14.3 Å². The number of alkyl halides is 3. The summed E-state index contributed by atoms with van der Waals surface area (Å²) >= 11 is 0. The van der Waals surface area contributed by atoms with Crippen molar-refractivity contribution in [3.8, 4) is 0 Å². The number of benzodiazepines with no additional fused rings is 1. The molecule has 1 saturated heterocycles. The summed E-state index contributed by atoms with van der Waals surface area (Å²) in [6, 6.07) is 15.7. The first-order chi connectivity index (χ1) is 19.1. The lowest BCUT2D eigenvalue weighted by molar-refractivity contribution is -0.118. The highest BCUT2D eigenvalue weighted by atomic mass is 19.4. The first-order valence-corrected chi connectivity index (χ1v) is 12.1. The van der Waals surface area contributed by atoms with E-state index >= 15 is 0 Å². The predicted molar refractivity (Wildman–Crippen MR) is 144 cm³/mol. The van der Waals surface area contributed by atoms with Gasteiger partial charge in [-0.25, -0.2) is 4.99 Å². The van der Waals surface area contributed by atoms with Crippen LogP contribution in [0.3, 0.4) is 0 Å². The molecule has 0 spiro atoms. The zero-order valence-electron chi connectivity index (χ0n) is 21.2. The molecule has 1 amide bonds. The van der Waals surface area contributed by atoms with Gasteiger partial charge in [0.05, 0.1) is 30.2 Å². The van der Waals surface area contributed by atoms with Crippen molar-refractivity contribution in [3.63, 3.8) is 0 Å². The number of aliphatic imine (C=N–C) groups is 3. The maximum Gasteiger partial charge on any atom is 0.407 e. The lowest BCUT2D eigenvalue weighted by Crippen LogP contribution is -2.42. The van der Waals surface area contributed by atoms with Crippen molar-refractivity contribution in [2.45, 2.75) is 12.3 Å². The molecule has 0 aromatic heterocycles. The summed E-state index contributed by atoms with van der Waals surface area (Å²) in [5, 5.41) is 11.2. The van der Waals surface area contributed by atoms with Crippen LogP contribution in [0, 0.1) is 5.41 Å². The molecule has 11 nitrogen and oxygen atoms in total. The number of hydrogen-bond donors (Lipinski definition) is 4. The number of morpholine rings is 1. The van der Waals surface area contributed by atoms with E-state index in [0.717, 1.165) is 11.8 Å². The fraction of sp³-hybridized carbons (Fsp3) is 0.269. The van der Waals surface area contributed by atoms with Gasteiger partial charge in [-0.3, -0.25) is 15.2 Å². The van der Waals surface area contributed by atoms with Gasteiger partial charge in [-0.2, -0.15) is 18.2 Å². The zero-order valence-corrected chi connectivity index (χ0v) is 21.2. The van der Waals surface area contributed by atoms with E-state index in [1.54, 1.807) is 29.2 Å². The van der Waals surface area contributed by atoms with Crippen molar-refractivity contribution in [1.82, 2.24) is 4.90 Å². The molecule has 210 valence electrons. The fourth-order valence-electron chi connectivity index (χ4n) is 3.91. The van der Waals surface area contributed by atoms with E-state index in [-0.39, 0.29) is 11.4 Å². The molecule has 4 rings (SSSR count). The first kappa shape index (κ1) is 28.3. The molecule has 1 fully saturated rings. The number of fused-ring (bicyclic) bond motifs is 1. The molecule has 1 unspecified atom stereocenters. The van der Waals surface area contributed by atoms with E-state index in [1.165, 1.54) is 0 Å². The molecule has 0 saturated carbocycles. The first-order valence-electron chi connectivity index (χ1n) is 12.1. The summed E-state index contributed by atoms with van der Waals surface area (Å²) in [5.74, 6) is -1.35. The molecule has 0 radical (unpaired) electrons. The van der Waals surface area contributed by atoms with Gasteiger partial charge in [-0.05, 0) is 6.07 Å². The molecule has 2 aromatic rings. The second-order valence-corrected chi connectivity index (χ2v) is 8.63. The number of carbonyl (C=O) groups is 1. The van der Waals surface area contributed by atoms with Crippen molar-refractivity contribution in [2.24, 2.45) is 26.4 Å². The highest BCUT2D eigenvalue weighted by Crippen LogP contribution is 2.24. The standard InChI is InChI=1S/C26H27F3N8O3/c27-26(28,29)15-33-14-18(21(30)37-10-12-39-13-11-37)22(31)40-25(32)36-23-24(38)34-19-9-5-4-8-17(19)20(35-23)16-6-2-1-3-7-16/h1-9,14,23,30H,10-13,15,31H2,(H2,32,36)(H,34,38). The van der Waals surface area contributed by atoms with Crippen molar-refractivity contribution in [1.29, 1.82) is 5.41 Å². The number of para-hydroxylation sites is 1. The number of nitrogens with one attached hydrogen (secondary N) is 2. The number of carbonyl (C=O) groups excluding carboxylic acids is 1. The van der Waals surface area contributed by atoms with Gasteiger partial charge in [-0.15, -0.1) is 0 Å². The topological polar surface area (TPSA) is 164 Å². The van der Waals surface area contributed by atoms with Crippen LogP contribution in [-0.4, -0.2) is 79.8 Å². The highest BCUT2D eigenvalue weighted by Gasteiger charge is 2.28. The van der Waals surface area contributed by atoms with Gasteiger partial charge in [0.25, 0.3) is 11.9 Å². The van der Waals surface area contributed by atoms with Gasteiger partial charge in [0.1, 0.15) is 12.4 Å². The number of nitrogens with zero attached hydrogens (tertiary/aromatic N) is 4. The minimum Gasteiger partial charge on any atom is -0.409 e. The number of amidine groups is 2. The number of anilines is 1. The maximum atomic E-state index is 13.0. The van der Waals surface area contributed by atoms with Crippen molar-refractivity contribution in [3.05, 3.63) is 77.2 Å². The summed E-state index contributed by atoms with van der Waals surface area (Å²) < 4.78 is 48.7. The summed E-state index contributed by atoms with van der Waals surface area (Å²) in [5.41, 5.74) is 14.1. The molecule has 6 N–H and O–H groups in total. The number of nitrogens with two attached hydrogens (primary N) is 2. The number of ether oxygens (including phenoxy) is 2. The van der Waals surface area contributed by atoms with Crippen LogP contribution >= 0.6 is 0 Å². The van der Waals surface area contributed by atoms with Crippen LogP contribution in [0.4, 0.5) is 18.9 Å². The second-order valence-electron chi connectivity index (χ2n) is 8.63. The van der Waals surface area contributed by atoms with Gasteiger partial charge in [-0.1, -0.05) is 48.5 Å². The molecule has 2 aliphatic rings. The minimum atomic E-state index is -4.56. The van der Waals surface area contributed by atoms with Gasteiger partial charge >= 0.3 is 6.18 Å². The minimum absolute atomic E-state index is 0.230. The molecule has 2 heterocycles. The Kier molecular flexibility index (Phi) is 8.79. The second kappa shape index (κ2) is 12.4. The zero-order chi connectivity index (χ0) is 28.7. The van der Waals surface area contributed by atoms with Gasteiger partial charge < -0.3 is 31.2 Å². The number of hydrogen-bond acceptors (Lipinski definition) is 8. The Balaban J connectivity index is 1.65. The van der Waals surface area contributed by atoms with Crippen molar-refractivity contribution >= 4 is 35.4 Å². The Morgan fingerprint density at radius 1 is 1.15 bits per heavy atom. The van der Waals surface area contributed by atoms with Crippen LogP contribution in [0.5, 0.6) is 0 Å². The largest absolute Gasteiger partial charge is 0.409 e. The molecule has 2 aliphatic heterocycles. The SMILES string of the molecule is N=C(C(C=NCC(F)(F)F)=C(N)OC(N)=NC1N=C(c2ccccc2)c2ccccc2NC1=O)N1CCOCC1. The Hall–Kier alpha value is -4.72. The highest BCUT2D eigenvalue weighted by molar-refractivity contribution is 6.19. The average Bonchev–Trinajstić information content (AvgIpc) is 3.07. The lowest BCUT2D eigenvalue weighted by Gasteiger charge is -2.29. The number of amides is 1. The molecule has 2 aromatic carbocycles. The van der Waals surface area contributed by atoms with Crippen LogP contribution in [0.15, 0.2) is 81.0 Å². The molecular weight excluding hydrogens is 529 g/mol. The van der Waals surface area contributed by atoms with Crippen LogP contribution < -0.4 is 16.8 Å². The Bertz CT molecular complexity index is 1370. The van der Waals surface area contributed by atoms with E-state index in [2.05, 4.69) is 20.3 Å². The van der Waals surface area contributed by atoms with E-state index < -0.39 is 36.7 Å². The lowest BCUT2D eigenvalue weighted by atomic mass is 10.0. The molecule has 40 heavy (non-hydrogen) atoms. The normalized spacial score (nSPS) is 18.8. The van der Waals surface area contributed by atoms with Gasteiger partial charge in [0.2, 0.25) is 12.0 Å². The molecule has 1 atom stereocenters. The summed E-state index contributed by atoms with van der Waals surface area (Å²) in [7, 11) is 0. The van der Waals surface area contributed by atoms with E-state index in [9.17, 15) is 18.0 Å². The van der Waals surface area contributed by atoms with Gasteiger partial charge in [0.15, 0.2) is 0 Å². The smallest absolute Gasteiger partial charge is 0.407 e. The Labute approximate surface area is 227 Å². The van der Waals surface area contributed by atoms with Crippen LogP contribution in [0.2, 0.25) is 0 Å². The number of rotatable bonds is 6. The van der Waals surface area contributed by atoms with Crippen LogP contribution in [0.25, 0.3) is 0 Å². The molecular formula is C26H27F3N8O3. The third kappa shape index (κ3) is 7.22. The monoisotopic (exact) mass is 556 g/mol. The number of halogens is 3. The van der Waals surface area contributed by atoms with Gasteiger partial charge in [0, 0.05) is 30.4 Å². The summed E-state index contributed by atoms with van der Waals surface area (Å²) in [6.45, 7) is -0.219. The third-order valence-electron chi connectivity index (χ3n) is 5.78. The third-order valence-corrected chi connectivity index (χ3v) is 5.78. The van der Waals surface area contributed by atoms with E-state index in [1.807, 2.05) is 30.3 Å². The molecule has 0 bridgehead atoms. The molecule has 0 aliphatic carbocycles. The Morgan fingerprint density at radius 3 is 2.52 bits per heavy atom. The maximum absolute atomic E-state index is 13.0. The average molecular weight is 557 g/mol. The predicted octanol–water partition coefficient (Wildman–Crippen LogP) is 2.25. The molecule has 14 heteroatoms. The fourth-order valence-corrected chi connectivity index (χ4v) is 3.91. The van der Waals surface area contributed by atoms with Crippen molar-refractivity contribution in [2.75, 3.05) is 38.2 Å². The van der Waals surface area contributed by atoms with Crippen LogP contribution in [0.1, 0.15) is 11.1 Å².